The number of amides is 1. The molecule has 0 bridgehead atoms. The topological polar surface area (TPSA) is 41.1 Å². The van der Waals surface area contributed by atoms with Crippen LogP contribution in [0.1, 0.15) is 31.0 Å². The van der Waals surface area contributed by atoms with Crippen LogP contribution in [0.4, 0.5) is 0 Å². The van der Waals surface area contributed by atoms with E-state index >= 15 is 0 Å². The summed E-state index contributed by atoms with van der Waals surface area (Å²) in [6, 6.07) is 8.00. The minimum absolute atomic E-state index is 0.0756. The van der Waals surface area contributed by atoms with E-state index in [0.717, 1.165) is 0 Å². The second-order valence-electron chi connectivity index (χ2n) is 4.39. The molecule has 1 rings (SSSR count). The van der Waals surface area contributed by atoms with Crippen LogP contribution >= 0.6 is 0 Å². The average Bonchev–Trinajstić information content (AvgIpc) is 2.36. The summed E-state index contributed by atoms with van der Waals surface area (Å²) in [5.41, 5.74) is 2.42. The molecular weight excluding hydrogens is 224 g/mol. The predicted octanol–water partition coefficient (Wildman–Crippen LogP) is 1.78. The summed E-state index contributed by atoms with van der Waals surface area (Å²) in [6.07, 6.45) is 5.10. The van der Waals surface area contributed by atoms with Crippen LogP contribution in [-0.2, 0) is 4.79 Å². The van der Waals surface area contributed by atoms with Crippen LogP contribution in [0.3, 0.4) is 0 Å². The Morgan fingerprint density at radius 1 is 1.39 bits per heavy atom. The number of terminal acetylenes is 1. The monoisotopic (exact) mass is 244 g/mol. The second kappa shape index (κ2) is 6.83. The van der Waals surface area contributed by atoms with Crippen molar-refractivity contribution in [2.24, 2.45) is 0 Å². The number of rotatable bonds is 5. The number of aryl methyl sites for hydroxylation is 1. The summed E-state index contributed by atoms with van der Waals surface area (Å²) < 4.78 is 0. The molecule has 0 saturated carbocycles. The van der Waals surface area contributed by atoms with Gasteiger partial charge in [0.1, 0.15) is 0 Å². The highest BCUT2D eigenvalue weighted by Crippen LogP contribution is 2.17. The predicted molar refractivity (Wildman–Crippen MR) is 74.0 cm³/mol. The molecule has 0 aliphatic rings. The van der Waals surface area contributed by atoms with Crippen LogP contribution < -0.4 is 10.6 Å². The van der Waals surface area contributed by atoms with Gasteiger partial charge >= 0.3 is 0 Å². The van der Waals surface area contributed by atoms with E-state index in [9.17, 15) is 4.79 Å². The van der Waals surface area contributed by atoms with Gasteiger partial charge in [-0.1, -0.05) is 30.2 Å². The van der Waals surface area contributed by atoms with E-state index in [-0.39, 0.29) is 24.5 Å². The van der Waals surface area contributed by atoms with Crippen molar-refractivity contribution in [3.05, 3.63) is 35.4 Å². The summed E-state index contributed by atoms with van der Waals surface area (Å²) in [4.78, 5) is 11.7. The average molecular weight is 244 g/mol. The highest BCUT2D eigenvalue weighted by atomic mass is 16.2. The largest absolute Gasteiger partial charge is 0.344 e. The van der Waals surface area contributed by atoms with Gasteiger partial charge in [-0.25, -0.2) is 0 Å². The van der Waals surface area contributed by atoms with Gasteiger partial charge in [-0.3, -0.25) is 10.1 Å². The zero-order valence-corrected chi connectivity index (χ0v) is 11.2. The van der Waals surface area contributed by atoms with Crippen molar-refractivity contribution < 1.29 is 4.79 Å². The molecule has 18 heavy (non-hydrogen) atoms. The van der Waals surface area contributed by atoms with Crippen molar-refractivity contribution in [3.8, 4) is 12.3 Å². The van der Waals surface area contributed by atoms with E-state index in [4.69, 9.17) is 6.42 Å². The fraction of sp³-hybridized carbons (Fsp3) is 0.400. The van der Waals surface area contributed by atoms with Crippen molar-refractivity contribution in [3.63, 3.8) is 0 Å². The first-order chi connectivity index (χ1) is 8.56. The van der Waals surface area contributed by atoms with Gasteiger partial charge in [0.05, 0.1) is 12.6 Å². The molecule has 0 aliphatic heterocycles. The molecular formula is C15H20N2O. The number of carbonyl (C=O) groups excluding carboxylic acids is 1. The fourth-order valence-corrected chi connectivity index (χ4v) is 1.90. The van der Waals surface area contributed by atoms with Crippen LogP contribution in [0.5, 0.6) is 0 Å². The first-order valence-corrected chi connectivity index (χ1v) is 6.09. The Labute approximate surface area is 109 Å². The number of nitrogens with one attached hydrogen (secondary N) is 2. The van der Waals surface area contributed by atoms with Gasteiger partial charge in [-0.05, 0) is 31.9 Å². The van der Waals surface area contributed by atoms with E-state index in [1.54, 1.807) is 0 Å². The Hall–Kier alpha value is -1.79. The summed E-state index contributed by atoms with van der Waals surface area (Å²) in [5, 5.41) is 5.93. The molecule has 2 atom stereocenters. The highest BCUT2D eigenvalue weighted by molar-refractivity contribution is 5.81. The zero-order chi connectivity index (χ0) is 13.5. The lowest BCUT2D eigenvalue weighted by Gasteiger charge is -2.21. The van der Waals surface area contributed by atoms with Crippen LogP contribution in [0.25, 0.3) is 0 Å². The van der Waals surface area contributed by atoms with Gasteiger partial charge in [0.2, 0.25) is 5.91 Å². The molecule has 2 N–H and O–H groups in total. The van der Waals surface area contributed by atoms with E-state index < -0.39 is 0 Å². The van der Waals surface area contributed by atoms with Crippen LogP contribution in [0.15, 0.2) is 24.3 Å². The maximum Gasteiger partial charge on any atom is 0.237 e. The normalized spacial score (nSPS) is 13.4. The van der Waals surface area contributed by atoms with Gasteiger partial charge in [0, 0.05) is 6.04 Å². The molecule has 0 fully saturated rings. The Morgan fingerprint density at radius 2 is 2.06 bits per heavy atom. The van der Waals surface area contributed by atoms with Crippen molar-refractivity contribution in [1.29, 1.82) is 0 Å². The standard InChI is InChI=1S/C15H20N2O/c1-5-10-16-15(18)13(4)17-12(3)14-9-7-6-8-11(14)2/h1,6-9,12-13,17H,10H2,2-4H3,(H,16,18)/t12-,13?/m1/s1. The Morgan fingerprint density at radius 3 is 2.67 bits per heavy atom. The Kier molecular flexibility index (Phi) is 5.41. The molecule has 1 aromatic rings. The highest BCUT2D eigenvalue weighted by Gasteiger charge is 2.16. The van der Waals surface area contributed by atoms with Gasteiger partial charge in [0.15, 0.2) is 0 Å². The Bertz CT molecular complexity index is 448. The molecule has 3 heteroatoms. The van der Waals surface area contributed by atoms with Crippen molar-refractivity contribution in [2.45, 2.75) is 32.9 Å². The lowest BCUT2D eigenvalue weighted by Crippen LogP contribution is -2.43. The first kappa shape index (κ1) is 14.3. The molecule has 0 spiro atoms. The fourth-order valence-electron chi connectivity index (χ4n) is 1.90. The molecule has 96 valence electrons. The maximum absolute atomic E-state index is 11.7. The molecule has 1 unspecified atom stereocenters. The second-order valence-corrected chi connectivity index (χ2v) is 4.39. The SMILES string of the molecule is C#CCNC(=O)C(C)N[C@H](C)c1ccccc1C. The zero-order valence-electron chi connectivity index (χ0n) is 11.2. The van der Waals surface area contributed by atoms with E-state index in [0.29, 0.717) is 0 Å². The van der Waals surface area contributed by atoms with E-state index in [1.807, 2.05) is 26.0 Å². The summed E-state index contributed by atoms with van der Waals surface area (Å²) in [7, 11) is 0. The third kappa shape index (κ3) is 3.90. The minimum atomic E-state index is -0.270. The van der Waals surface area contributed by atoms with E-state index in [1.165, 1.54) is 11.1 Å². The van der Waals surface area contributed by atoms with Crippen molar-refractivity contribution in [2.75, 3.05) is 6.54 Å². The molecule has 3 nitrogen and oxygen atoms in total. The molecule has 1 amide bonds. The molecule has 1 aromatic carbocycles. The smallest absolute Gasteiger partial charge is 0.237 e. The third-order valence-electron chi connectivity index (χ3n) is 2.91. The number of benzene rings is 1. The van der Waals surface area contributed by atoms with Gasteiger partial charge in [-0.15, -0.1) is 6.42 Å². The molecule has 0 aromatic heterocycles. The molecule has 0 aliphatic carbocycles. The lowest BCUT2D eigenvalue weighted by molar-refractivity contribution is -0.122. The molecule has 0 heterocycles. The first-order valence-electron chi connectivity index (χ1n) is 6.09. The summed E-state index contributed by atoms with van der Waals surface area (Å²) in [5.74, 6) is 2.31. The molecule has 0 saturated heterocycles. The quantitative estimate of drug-likeness (QED) is 0.775. The minimum Gasteiger partial charge on any atom is -0.344 e. The number of hydrogen-bond donors (Lipinski definition) is 2. The maximum atomic E-state index is 11.7. The lowest BCUT2D eigenvalue weighted by atomic mass is 10.0. The van der Waals surface area contributed by atoms with E-state index in [2.05, 4.69) is 35.6 Å². The number of carbonyl (C=O) groups is 1. The van der Waals surface area contributed by atoms with Crippen LogP contribution in [0.2, 0.25) is 0 Å². The van der Waals surface area contributed by atoms with Gasteiger partial charge in [0.25, 0.3) is 0 Å². The third-order valence-corrected chi connectivity index (χ3v) is 2.91. The van der Waals surface area contributed by atoms with Gasteiger partial charge < -0.3 is 5.32 Å². The van der Waals surface area contributed by atoms with Crippen molar-refractivity contribution in [1.82, 2.24) is 10.6 Å². The number of hydrogen-bond acceptors (Lipinski definition) is 2. The summed E-state index contributed by atoms with van der Waals surface area (Å²) in [6.45, 7) is 6.22. The Balaban J connectivity index is 2.60. The van der Waals surface area contributed by atoms with Gasteiger partial charge in [-0.2, -0.15) is 0 Å². The van der Waals surface area contributed by atoms with Crippen LogP contribution in [-0.4, -0.2) is 18.5 Å². The summed E-state index contributed by atoms with van der Waals surface area (Å²) >= 11 is 0. The van der Waals surface area contributed by atoms with Crippen molar-refractivity contribution >= 4 is 5.91 Å². The van der Waals surface area contributed by atoms with Crippen LogP contribution in [0, 0.1) is 19.3 Å². The molecule has 0 radical (unpaired) electrons.